The molecule has 15 nitrogen and oxygen atoms in total. The molecule has 5 atom stereocenters. The number of benzene rings is 1. The van der Waals surface area contributed by atoms with Gasteiger partial charge in [-0.25, -0.2) is 23.4 Å². The summed E-state index contributed by atoms with van der Waals surface area (Å²) in [6.07, 6.45) is 7.51. The van der Waals surface area contributed by atoms with Crippen LogP contribution in [-0.2, 0) is 24.4 Å². The van der Waals surface area contributed by atoms with Crippen molar-refractivity contribution in [1.29, 1.82) is 0 Å². The summed E-state index contributed by atoms with van der Waals surface area (Å²) >= 11 is 2.69. The van der Waals surface area contributed by atoms with Gasteiger partial charge in [-0.1, -0.05) is 52.7 Å². The van der Waals surface area contributed by atoms with E-state index in [1.54, 1.807) is 7.11 Å². The van der Waals surface area contributed by atoms with E-state index in [9.17, 15) is 27.6 Å². The summed E-state index contributed by atoms with van der Waals surface area (Å²) in [6.45, 7) is 10.0. The number of fused-ring (bicyclic) bond motifs is 3. The maximum Gasteiger partial charge on any atom is 0.280 e. The fourth-order valence-electron chi connectivity index (χ4n) is 8.38. The van der Waals surface area contributed by atoms with Crippen LogP contribution in [0.5, 0.6) is 11.5 Å². The number of carbonyl (C=O) groups excluding carboxylic acids is 4. The van der Waals surface area contributed by atoms with Crippen LogP contribution in [-0.4, -0.2) is 94.5 Å². The average molecular weight is 918 g/mol. The zero-order valence-corrected chi connectivity index (χ0v) is 38.9. The Balaban J connectivity index is 1.15. The molecule has 2 saturated carbocycles. The van der Waals surface area contributed by atoms with Gasteiger partial charge in [0.1, 0.15) is 45.9 Å². The number of amides is 4. The molecule has 0 radical (unpaired) electrons. The number of allylic oxidation sites excluding steroid dienone is 1. The first-order valence-electron chi connectivity index (χ1n) is 21.8. The smallest absolute Gasteiger partial charge is 0.280 e. The number of aryl methyl sites for hydroxylation is 1. The summed E-state index contributed by atoms with van der Waals surface area (Å²) in [5, 5.41) is 10.8. The molecule has 3 aromatic heterocycles. The molecular weight excluding hydrogens is 863 g/mol. The lowest BCUT2D eigenvalue weighted by Crippen LogP contribution is -2.58. The second-order valence-corrected chi connectivity index (χ2v) is 21.5. The fraction of sp³-hybridized carbons (Fsp3) is 0.533. The van der Waals surface area contributed by atoms with Crippen molar-refractivity contribution in [1.82, 2.24) is 35.2 Å². The minimum Gasteiger partial charge on any atom is -0.496 e. The first-order chi connectivity index (χ1) is 30.1. The third kappa shape index (κ3) is 9.34. The highest BCUT2D eigenvalue weighted by atomic mass is 32.2. The van der Waals surface area contributed by atoms with Crippen LogP contribution in [0.2, 0.25) is 0 Å². The summed E-state index contributed by atoms with van der Waals surface area (Å²) in [5.74, 6) is -1.33. The van der Waals surface area contributed by atoms with E-state index in [-0.39, 0.29) is 36.2 Å². The van der Waals surface area contributed by atoms with Gasteiger partial charge in [0.15, 0.2) is 5.01 Å². The highest BCUT2D eigenvalue weighted by Crippen LogP contribution is 2.46. The minimum absolute atomic E-state index is 0.0142. The summed E-state index contributed by atoms with van der Waals surface area (Å²) in [6, 6.07) is 3.43. The van der Waals surface area contributed by atoms with Gasteiger partial charge in [0.25, 0.3) is 11.8 Å². The van der Waals surface area contributed by atoms with Gasteiger partial charge in [-0.2, -0.15) is 0 Å². The van der Waals surface area contributed by atoms with Crippen LogP contribution in [0.1, 0.15) is 124 Å². The van der Waals surface area contributed by atoms with Crippen LogP contribution in [0.15, 0.2) is 41.1 Å². The zero-order valence-electron chi connectivity index (χ0n) is 36.4. The van der Waals surface area contributed by atoms with Crippen molar-refractivity contribution < 1.29 is 37.1 Å². The first kappa shape index (κ1) is 44.7. The Morgan fingerprint density at radius 1 is 0.968 bits per heavy atom. The van der Waals surface area contributed by atoms with Crippen molar-refractivity contribution in [3.8, 4) is 22.2 Å². The highest BCUT2D eigenvalue weighted by molar-refractivity contribution is 7.91. The van der Waals surface area contributed by atoms with E-state index < -0.39 is 68.5 Å². The standard InChI is InChI=1S/C45H55N7O8S3/c1-24(2)33-22-61-41(48-33)32-19-37(30-16-17-36(59-6)26(5)38(30)46-32)60-28-18-35-39(53)50-45(44(56)51-63(57,58)29-14-15-29)20-27(45)12-10-8-7-9-11-13-31(43(55)52(35)21-28)47-40(54)42-49-34(23-62-42)25(3)4/h10,12,16-17,19,22-25,27-29,31,35H,7-9,11,13-15,18,20-21H2,1-6H3,(H,47,54)(H,50,53)(H,51,56)/b12-10-/t27-,28?,31+,35+,45-/m1/s1. The molecule has 4 aromatic rings. The van der Waals surface area contributed by atoms with Crippen LogP contribution in [0, 0.1) is 12.8 Å². The zero-order chi connectivity index (χ0) is 44.8. The summed E-state index contributed by atoms with van der Waals surface area (Å²) in [7, 11) is -2.32. The van der Waals surface area contributed by atoms with Gasteiger partial charge in [-0.15, -0.1) is 22.7 Å². The number of nitrogens with one attached hydrogen (secondary N) is 3. The predicted octanol–water partition coefficient (Wildman–Crippen LogP) is 6.53. The Hall–Kier alpha value is -4.94. The lowest BCUT2D eigenvalue weighted by molar-refractivity contribution is -0.141. The third-order valence-corrected chi connectivity index (χ3v) is 16.0. The Morgan fingerprint density at radius 3 is 2.41 bits per heavy atom. The van der Waals surface area contributed by atoms with Crippen molar-refractivity contribution in [2.24, 2.45) is 5.92 Å². The van der Waals surface area contributed by atoms with E-state index in [0.717, 1.165) is 29.8 Å². The highest BCUT2D eigenvalue weighted by Gasteiger charge is 2.62. The quantitative estimate of drug-likeness (QED) is 0.138. The monoisotopic (exact) mass is 917 g/mol. The van der Waals surface area contributed by atoms with Crippen molar-refractivity contribution in [3.63, 3.8) is 0 Å². The molecule has 0 bridgehead atoms. The van der Waals surface area contributed by atoms with Gasteiger partial charge in [-0.3, -0.25) is 23.9 Å². The van der Waals surface area contributed by atoms with E-state index in [1.807, 2.05) is 61.9 Å². The maximum absolute atomic E-state index is 14.9. The van der Waals surface area contributed by atoms with Crippen LogP contribution in [0.4, 0.5) is 0 Å². The minimum atomic E-state index is -3.92. The van der Waals surface area contributed by atoms with E-state index in [4.69, 9.17) is 19.4 Å². The lowest BCUT2D eigenvalue weighted by Gasteiger charge is -2.29. The van der Waals surface area contributed by atoms with Gasteiger partial charge in [0.05, 0.1) is 35.8 Å². The molecule has 8 rings (SSSR count). The van der Waals surface area contributed by atoms with E-state index >= 15 is 0 Å². The van der Waals surface area contributed by atoms with Gasteiger partial charge in [-0.05, 0) is 69.4 Å². The molecule has 63 heavy (non-hydrogen) atoms. The molecule has 2 aliphatic carbocycles. The van der Waals surface area contributed by atoms with E-state index in [0.29, 0.717) is 65.2 Å². The molecule has 3 N–H and O–H groups in total. The molecule has 1 unspecified atom stereocenters. The fourth-order valence-corrected chi connectivity index (χ4v) is 11.6. The van der Waals surface area contributed by atoms with Crippen molar-refractivity contribution >= 4 is 67.2 Å². The molecule has 18 heteroatoms. The molecule has 5 heterocycles. The summed E-state index contributed by atoms with van der Waals surface area (Å²) in [4.78, 5) is 73.2. The number of methoxy groups -OCH3 is 1. The molecule has 336 valence electrons. The number of ether oxygens (including phenoxy) is 2. The number of aromatic nitrogens is 3. The topological polar surface area (TPSA) is 199 Å². The first-order valence-corrected chi connectivity index (χ1v) is 25.1. The number of sulfonamides is 1. The van der Waals surface area contributed by atoms with E-state index in [1.165, 1.54) is 27.6 Å². The van der Waals surface area contributed by atoms with Gasteiger partial charge in [0, 0.05) is 40.1 Å². The Labute approximate surface area is 375 Å². The van der Waals surface area contributed by atoms with E-state index in [2.05, 4.69) is 34.2 Å². The van der Waals surface area contributed by atoms with Crippen LogP contribution in [0.25, 0.3) is 21.6 Å². The van der Waals surface area contributed by atoms with Crippen LogP contribution >= 0.6 is 22.7 Å². The number of hydrogen-bond donors (Lipinski definition) is 3. The number of thiazole rings is 2. The second kappa shape index (κ2) is 17.9. The largest absolute Gasteiger partial charge is 0.496 e. The molecule has 3 fully saturated rings. The molecule has 0 spiro atoms. The summed E-state index contributed by atoms with van der Waals surface area (Å²) < 4.78 is 40.8. The predicted molar refractivity (Wildman–Crippen MR) is 242 cm³/mol. The van der Waals surface area contributed by atoms with Gasteiger partial charge in [0.2, 0.25) is 21.8 Å². The molecule has 2 aliphatic heterocycles. The second-order valence-electron chi connectivity index (χ2n) is 17.8. The Morgan fingerprint density at radius 2 is 1.71 bits per heavy atom. The number of nitrogens with zero attached hydrogens (tertiary/aromatic N) is 4. The molecule has 4 amide bonds. The third-order valence-electron chi connectivity index (χ3n) is 12.4. The van der Waals surface area contributed by atoms with Crippen molar-refractivity contribution in [2.45, 2.75) is 133 Å². The van der Waals surface area contributed by atoms with Gasteiger partial charge < -0.3 is 25.0 Å². The molecule has 1 saturated heterocycles. The van der Waals surface area contributed by atoms with Crippen LogP contribution in [0.3, 0.4) is 0 Å². The van der Waals surface area contributed by atoms with Crippen LogP contribution < -0.4 is 24.8 Å². The molecule has 1 aromatic carbocycles. The van der Waals surface area contributed by atoms with Gasteiger partial charge >= 0.3 is 0 Å². The Bertz CT molecular complexity index is 2570. The molecule has 4 aliphatic rings. The summed E-state index contributed by atoms with van der Waals surface area (Å²) in [5.41, 5.74) is 2.24. The SMILES string of the molecule is COc1ccc2c(OC3C[C@H]4C(=O)N[C@]5(C(=O)NS(=O)(=O)C6CC6)C[C@H]5/C=C\CCCCC[C@H](NC(=O)c5nc(C(C)C)cs5)C(=O)N4C3)cc(-c3nc(C(C)C)cs3)nc2c1C. The Kier molecular flexibility index (Phi) is 12.7. The van der Waals surface area contributed by atoms with Crippen molar-refractivity contribution in [3.05, 3.63) is 63.1 Å². The maximum atomic E-state index is 14.9. The lowest BCUT2D eigenvalue weighted by atomic mass is 10.0. The van der Waals surface area contributed by atoms with Crippen molar-refractivity contribution in [2.75, 3.05) is 13.7 Å². The normalized spacial score (nSPS) is 24.9. The number of carbonyl (C=O) groups is 4. The number of rotatable bonds is 11. The number of hydrogen-bond acceptors (Lipinski definition) is 13. The average Bonchev–Trinajstić information content (AvgIpc) is 4.00. The molecular formula is C45H55N7O8S3. The number of pyridine rings is 1.